The maximum atomic E-state index is 12.1. The van der Waals surface area contributed by atoms with Crippen LogP contribution in [-0.4, -0.2) is 16.5 Å². The Kier molecular flexibility index (Phi) is 3.11. The van der Waals surface area contributed by atoms with Crippen LogP contribution >= 0.6 is 0 Å². The molecule has 1 amide bonds. The van der Waals surface area contributed by atoms with Gasteiger partial charge in [0.15, 0.2) is 0 Å². The predicted octanol–water partition coefficient (Wildman–Crippen LogP) is 3.01. The first-order valence-corrected chi connectivity index (χ1v) is 6.78. The largest absolute Gasteiger partial charge is 0.349 e. The number of nitrogens with one attached hydrogen (secondary N) is 1. The SMILES string of the molecule is C[C@H](NC(=O)c1ccc(-n2cccc2)cc1)C1CC1. The smallest absolute Gasteiger partial charge is 0.251 e. The molecule has 2 aromatic rings. The molecule has 3 nitrogen and oxygen atoms in total. The predicted molar refractivity (Wildman–Crippen MR) is 75.4 cm³/mol. The van der Waals surface area contributed by atoms with Crippen molar-refractivity contribution in [2.75, 3.05) is 0 Å². The molecule has 0 saturated heterocycles. The third-order valence-corrected chi connectivity index (χ3v) is 3.72. The van der Waals surface area contributed by atoms with E-state index >= 15 is 0 Å². The van der Waals surface area contributed by atoms with E-state index in [2.05, 4.69) is 12.2 Å². The number of hydrogen-bond donors (Lipinski definition) is 1. The van der Waals surface area contributed by atoms with Crippen molar-refractivity contribution in [3.8, 4) is 5.69 Å². The average molecular weight is 254 g/mol. The Hall–Kier alpha value is -2.03. The number of carbonyl (C=O) groups is 1. The van der Waals surface area contributed by atoms with Crippen LogP contribution in [0.5, 0.6) is 0 Å². The highest BCUT2D eigenvalue weighted by Crippen LogP contribution is 2.32. The van der Waals surface area contributed by atoms with Crippen LogP contribution in [0.4, 0.5) is 0 Å². The third-order valence-electron chi connectivity index (χ3n) is 3.72. The first-order chi connectivity index (χ1) is 9.24. The van der Waals surface area contributed by atoms with Gasteiger partial charge in [0.1, 0.15) is 0 Å². The first kappa shape index (κ1) is 12.0. The van der Waals surface area contributed by atoms with Gasteiger partial charge in [-0.15, -0.1) is 0 Å². The Labute approximate surface area is 113 Å². The fraction of sp³-hybridized carbons (Fsp3) is 0.312. The summed E-state index contributed by atoms with van der Waals surface area (Å²) in [6.07, 6.45) is 6.47. The molecule has 1 aliphatic carbocycles. The molecular formula is C16H18N2O. The van der Waals surface area contributed by atoms with E-state index in [1.165, 1.54) is 12.8 Å². The molecule has 1 aromatic heterocycles. The number of hydrogen-bond acceptors (Lipinski definition) is 1. The fourth-order valence-electron chi connectivity index (χ4n) is 2.30. The number of rotatable bonds is 4. The lowest BCUT2D eigenvalue weighted by molar-refractivity contribution is 0.0936. The van der Waals surface area contributed by atoms with Gasteiger partial charge in [0.2, 0.25) is 0 Å². The maximum Gasteiger partial charge on any atom is 0.251 e. The van der Waals surface area contributed by atoms with E-state index in [4.69, 9.17) is 0 Å². The standard InChI is InChI=1S/C16H18N2O/c1-12(13-4-5-13)17-16(19)14-6-8-15(9-7-14)18-10-2-3-11-18/h2-3,6-13H,4-5H2,1H3,(H,17,19)/t12-/m0/s1. The zero-order chi connectivity index (χ0) is 13.2. The van der Waals surface area contributed by atoms with E-state index in [1.54, 1.807) is 0 Å². The molecule has 1 N–H and O–H groups in total. The molecule has 0 aliphatic heterocycles. The number of aromatic nitrogens is 1. The van der Waals surface area contributed by atoms with E-state index in [-0.39, 0.29) is 11.9 Å². The zero-order valence-electron chi connectivity index (χ0n) is 11.0. The topological polar surface area (TPSA) is 34.0 Å². The molecule has 0 spiro atoms. The van der Waals surface area contributed by atoms with Crippen molar-refractivity contribution in [1.29, 1.82) is 0 Å². The van der Waals surface area contributed by atoms with Crippen LogP contribution in [0.25, 0.3) is 5.69 Å². The number of nitrogens with zero attached hydrogens (tertiary/aromatic N) is 1. The minimum Gasteiger partial charge on any atom is -0.349 e. The molecule has 0 radical (unpaired) electrons. The molecule has 0 unspecified atom stereocenters. The summed E-state index contributed by atoms with van der Waals surface area (Å²) >= 11 is 0. The van der Waals surface area contributed by atoms with E-state index in [0.29, 0.717) is 5.92 Å². The summed E-state index contributed by atoms with van der Waals surface area (Å²) in [4.78, 5) is 12.1. The fourth-order valence-corrected chi connectivity index (χ4v) is 2.30. The summed E-state index contributed by atoms with van der Waals surface area (Å²) < 4.78 is 2.02. The van der Waals surface area contributed by atoms with Gasteiger partial charge in [0, 0.05) is 29.7 Å². The molecule has 1 aliphatic rings. The molecule has 1 saturated carbocycles. The lowest BCUT2D eigenvalue weighted by atomic mass is 10.1. The van der Waals surface area contributed by atoms with Crippen LogP contribution in [-0.2, 0) is 0 Å². The highest BCUT2D eigenvalue weighted by atomic mass is 16.1. The first-order valence-electron chi connectivity index (χ1n) is 6.78. The lowest BCUT2D eigenvalue weighted by Gasteiger charge is -2.13. The van der Waals surface area contributed by atoms with E-state index < -0.39 is 0 Å². The molecule has 1 heterocycles. The Bertz CT molecular complexity index is 553. The second-order valence-corrected chi connectivity index (χ2v) is 5.24. The monoisotopic (exact) mass is 254 g/mol. The number of carbonyl (C=O) groups excluding carboxylic acids is 1. The third kappa shape index (κ3) is 2.70. The van der Waals surface area contributed by atoms with Gasteiger partial charge >= 0.3 is 0 Å². The highest BCUT2D eigenvalue weighted by Gasteiger charge is 2.28. The molecule has 19 heavy (non-hydrogen) atoms. The van der Waals surface area contributed by atoms with E-state index in [0.717, 1.165) is 11.3 Å². The van der Waals surface area contributed by atoms with Crippen LogP contribution in [0, 0.1) is 5.92 Å². The summed E-state index contributed by atoms with van der Waals surface area (Å²) in [5, 5.41) is 3.07. The maximum absolute atomic E-state index is 12.1. The van der Waals surface area contributed by atoms with Gasteiger partial charge in [-0.2, -0.15) is 0 Å². The van der Waals surface area contributed by atoms with Crippen LogP contribution in [0.2, 0.25) is 0 Å². The second kappa shape index (κ2) is 4.92. The van der Waals surface area contributed by atoms with E-state index in [9.17, 15) is 4.79 Å². The summed E-state index contributed by atoms with van der Waals surface area (Å²) in [6.45, 7) is 2.09. The summed E-state index contributed by atoms with van der Waals surface area (Å²) in [5.41, 5.74) is 1.79. The van der Waals surface area contributed by atoms with Crippen molar-refractivity contribution >= 4 is 5.91 Å². The van der Waals surface area contributed by atoms with Gasteiger partial charge in [0.25, 0.3) is 5.91 Å². The van der Waals surface area contributed by atoms with Gasteiger partial charge in [0.05, 0.1) is 0 Å². The second-order valence-electron chi connectivity index (χ2n) is 5.24. The quantitative estimate of drug-likeness (QED) is 0.894. The normalized spacial score (nSPS) is 16.1. The molecular weight excluding hydrogens is 236 g/mol. The number of benzene rings is 1. The summed E-state index contributed by atoms with van der Waals surface area (Å²) in [5.74, 6) is 0.710. The molecule has 1 aromatic carbocycles. The molecule has 3 rings (SSSR count). The van der Waals surface area contributed by atoms with Crippen LogP contribution < -0.4 is 5.32 Å². The van der Waals surface area contributed by atoms with Crippen molar-refractivity contribution < 1.29 is 4.79 Å². The Morgan fingerprint density at radius 3 is 2.42 bits per heavy atom. The van der Waals surface area contributed by atoms with Gasteiger partial charge in [-0.1, -0.05) is 0 Å². The average Bonchev–Trinajstić information content (AvgIpc) is 3.14. The van der Waals surface area contributed by atoms with Crippen molar-refractivity contribution in [2.45, 2.75) is 25.8 Å². The van der Waals surface area contributed by atoms with Gasteiger partial charge in [-0.25, -0.2) is 0 Å². The molecule has 0 bridgehead atoms. The highest BCUT2D eigenvalue weighted by molar-refractivity contribution is 5.94. The van der Waals surface area contributed by atoms with Crippen LogP contribution in [0.1, 0.15) is 30.1 Å². The van der Waals surface area contributed by atoms with E-state index in [1.807, 2.05) is 53.4 Å². The Morgan fingerprint density at radius 2 is 1.84 bits per heavy atom. The minimum atomic E-state index is 0.0263. The summed E-state index contributed by atoms with van der Waals surface area (Å²) in [6, 6.07) is 12.0. The van der Waals surface area contributed by atoms with Crippen molar-refractivity contribution in [3.05, 3.63) is 54.4 Å². The minimum absolute atomic E-state index is 0.0263. The van der Waals surface area contributed by atoms with Crippen molar-refractivity contribution in [3.63, 3.8) is 0 Å². The van der Waals surface area contributed by atoms with Crippen LogP contribution in [0.15, 0.2) is 48.8 Å². The molecule has 98 valence electrons. The molecule has 1 atom stereocenters. The number of amides is 1. The summed E-state index contributed by atoms with van der Waals surface area (Å²) in [7, 11) is 0. The van der Waals surface area contributed by atoms with Gasteiger partial charge in [-0.05, 0) is 62.1 Å². The van der Waals surface area contributed by atoms with Crippen LogP contribution in [0.3, 0.4) is 0 Å². The Morgan fingerprint density at radius 1 is 1.21 bits per heavy atom. The van der Waals surface area contributed by atoms with Crippen molar-refractivity contribution in [2.24, 2.45) is 5.92 Å². The Balaban J connectivity index is 1.69. The lowest BCUT2D eigenvalue weighted by Crippen LogP contribution is -2.33. The van der Waals surface area contributed by atoms with Crippen molar-refractivity contribution in [1.82, 2.24) is 9.88 Å². The molecule has 1 fully saturated rings. The molecule has 3 heteroatoms. The van der Waals surface area contributed by atoms with Gasteiger partial charge < -0.3 is 9.88 Å². The van der Waals surface area contributed by atoms with Gasteiger partial charge in [-0.3, -0.25) is 4.79 Å². The zero-order valence-corrected chi connectivity index (χ0v) is 11.0.